The summed E-state index contributed by atoms with van der Waals surface area (Å²) in [5, 5.41) is 10.9. The molecule has 2 aliphatic heterocycles. The summed E-state index contributed by atoms with van der Waals surface area (Å²) in [7, 11) is 1.58. The summed E-state index contributed by atoms with van der Waals surface area (Å²) in [6.07, 6.45) is 3.83. The number of benzene rings is 2. The van der Waals surface area contributed by atoms with E-state index in [2.05, 4.69) is 15.3 Å². The van der Waals surface area contributed by atoms with Crippen LogP contribution >= 0.6 is 34.8 Å². The third kappa shape index (κ3) is 4.70. The van der Waals surface area contributed by atoms with Crippen molar-refractivity contribution < 1.29 is 14.3 Å². The normalized spacial score (nSPS) is 18.2. The lowest BCUT2D eigenvalue weighted by molar-refractivity contribution is -0.133. The highest BCUT2D eigenvalue weighted by Gasteiger charge is 2.39. The average molecular weight is 602 g/mol. The van der Waals surface area contributed by atoms with E-state index in [-0.39, 0.29) is 17.9 Å². The SMILES string of the molecule is COc1ccc(-c2cn(C3CCN(C4CCN(C(=O)c5[nH]c6cc(Cl)cc(Cl)c6c5C)CC4)C3=O)nn2)c(Cl)c1. The maximum atomic E-state index is 13.4. The van der Waals surface area contributed by atoms with Crippen LogP contribution < -0.4 is 4.74 Å². The Kier molecular flexibility index (Phi) is 7.14. The number of aromatic amines is 1. The molecule has 1 atom stereocenters. The Morgan fingerprint density at radius 2 is 1.82 bits per heavy atom. The monoisotopic (exact) mass is 600 g/mol. The van der Waals surface area contributed by atoms with Gasteiger partial charge in [0.2, 0.25) is 5.91 Å². The van der Waals surface area contributed by atoms with E-state index in [0.29, 0.717) is 71.1 Å². The zero-order chi connectivity index (χ0) is 28.1. The fraction of sp³-hybridized carbons (Fsp3) is 0.357. The number of methoxy groups -OCH3 is 1. The molecule has 9 nitrogen and oxygen atoms in total. The minimum Gasteiger partial charge on any atom is -0.497 e. The van der Waals surface area contributed by atoms with Crippen LogP contribution in [0.15, 0.2) is 36.5 Å². The molecule has 1 N–H and O–H groups in total. The van der Waals surface area contributed by atoms with E-state index in [1.165, 1.54) is 0 Å². The molecule has 40 heavy (non-hydrogen) atoms. The second-order valence-corrected chi connectivity index (χ2v) is 11.5. The first-order valence-corrected chi connectivity index (χ1v) is 14.2. The molecule has 0 bridgehead atoms. The van der Waals surface area contributed by atoms with Crippen molar-refractivity contribution in [3.05, 3.63) is 62.9 Å². The number of hydrogen-bond donors (Lipinski definition) is 1. The van der Waals surface area contributed by atoms with Crippen LogP contribution in [0.1, 0.15) is 41.4 Å². The fourth-order valence-corrected chi connectivity index (χ4v) is 6.74. The molecule has 0 radical (unpaired) electrons. The number of piperidine rings is 1. The lowest BCUT2D eigenvalue weighted by Gasteiger charge is -2.36. The van der Waals surface area contributed by atoms with Gasteiger partial charge < -0.3 is 19.5 Å². The van der Waals surface area contributed by atoms with Crippen LogP contribution in [0.3, 0.4) is 0 Å². The molecular weight excluding hydrogens is 575 g/mol. The van der Waals surface area contributed by atoms with Crippen LogP contribution in [0.2, 0.25) is 15.1 Å². The minimum absolute atomic E-state index is 0.0278. The highest BCUT2D eigenvalue weighted by Crippen LogP contribution is 2.35. The van der Waals surface area contributed by atoms with Crippen molar-refractivity contribution in [2.75, 3.05) is 26.7 Å². The predicted molar refractivity (Wildman–Crippen MR) is 154 cm³/mol. The molecule has 1 unspecified atom stereocenters. The maximum absolute atomic E-state index is 13.4. The number of nitrogens with zero attached hydrogens (tertiary/aromatic N) is 5. The Morgan fingerprint density at radius 1 is 1.05 bits per heavy atom. The molecule has 0 spiro atoms. The number of carbonyl (C=O) groups is 2. The smallest absolute Gasteiger partial charge is 0.270 e. The highest BCUT2D eigenvalue weighted by molar-refractivity contribution is 6.39. The summed E-state index contributed by atoms with van der Waals surface area (Å²) in [5.41, 5.74) is 3.40. The van der Waals surface area contributed by atoms with Crippen LogP contribution in [-0.4, -0.2) is 74.4 Å². The highest BCUT2D eigenvalue weighted by atomic mass is 35.5. The number of H-pyrrole nitrogens is 1. The minimum atomic E-state index is -0.413. The fourth-order valence-electron chi connectivity index (χ4n) is 5.84. The Balaban J connectivity index is 1.11. The van der Waals surface area contributed by atoms with Gasteiger partial charge in [-0.3, -0.25) is 9.59 Å². The van der Waals surface area contributed by atoms with Crippen LogP contribution in [-0.2, 0) is 4.79 Å². The molecule has 6 rings (SSSR count). The van der Waals surface area contributed by atoms with E-state index in [1.54, 1.807) is 36.2 Å². The molecule has 12 heteroatoms. The van der Waals surface area contributed by atoms with Crippen LogP contribution in [0.4, 0.5) is 0 Å². The number of aryl methyl sites for hydroxylation is 1. The van der Waals surface area contributed by atoms with E-state index >= 15 is 0 Å². The molecule has 4 heterocycles. The zero-order valence-electron chi connectivity index (χ0n) is 22.0. The quantitative estimate of drug-likeness (QED) is 0.313. The molecule has 0 saturated carbocycles. The van der Waals surface area contributed by atoms with Crippen LogP contribution in [0.5, 0.6) is 5.75 Å². The summed E-state index contributed by atoms with van der Waals surface area (Å²) in [5.74, 6) is 0.610. The molecule has 4 aromatic rings. The lowest BCUT2D eigenvalue weighted by Crippen LogP contribution is -2.47. The Bertz CT molecular complexity index is 1620. The summed E-state index contributed by atoms with van der Waals surface area (Å²) >= 11 is 19.0. The van der Waals surface area contributed by atoms with Gasteiger partial charge in [-0.05, 0) is 62.1 Å². The number of fused-ring (bicyclic) bond motifs is 1. The number of halogens is 3. The number of hydrogen-bond acceptors (Lipinski definition) is 5. The van der Waals surface area contributed by atoms with Crippen molar-refractivity contribution in [3.8, 4) is 17.0 Å². The van der Waals surface area contributed by atoms with Crippen molar-refractivity contribution >= 4 is 57.5 Å². The number of rotatable bonds is 5. The molecule has 2 saturated heterocycles. The molecule has 208 valence electrons. The number of amides is 2. The van der Waals surface area contributed by atoms with Gasteiger partial charge in [-0.1, -0.05) is 40.0 Å². The summed E-state index contributed by atoms with van der Waals surface area (Å²) in [4.78, 5) is 33.8. The van der Waals surface area contributed by atoms with Gasteiger partial charge in [0.05, 0.1) is 23.4 Å². The van der Waals surface area contributed by atoms with Gasteiger partial charge in [0.15, 0.2) is 0 Å². The van der Waals surface area contributed by atoms with Crippen molar-refractivity contribution in [2.24, 2.45) is 0 Å². The zero-order valence-corrected chi connectivity index (χ0v) is 24.2. The first-order valence-electron chi connectivity index (χ1n) is 13.1. The van der Waals surface area contributed by atoms with E-state index in [9.17, 15) is 9.59 Å². The van der Waals surface area contributed by atoms with Gasteiger partial charge >= 0.3 is 0 Å². The average Bonchev–Trinajstić information content (AvgIpc) is 3.65. The van der Waals surface area contributed by atoms with Gasteiger partial charge in [-0.2, -0.15) is 0 Å². The number of ether oxygens (including phenoxy) is 1. The molecule has 2 amide bonds. The molecule has 2 aromatic heterocycles. The topological polar surface area (TPSA) is 96.3 Å². The van der Waals surface area contributed by atoms with Gasteiger partial charge in [-0.25, -0.2) is 4.68 Å². The van der Waals surface area contributed by atoms with Crippen LogP contribution in [0, 0.1) is 6.92 Å². The van der Waals surface area contributed by atoms with E-state index < -0.39 is 6.04 Å². The van der Waals surface area contributed by atoms with Gasteiger partial charge in [0.1, 0.15) is 23.2 Å². The molecule has 2 aliphatic rings. The van der Waals surface area contributed by atoms with Gasteiger partial charge in [0, 0.05) is 47.2 Å². The second kappa shape index (κ2) is 10.6. The van der Waals surface area contributed by atoms with Crippen molar-refractivity contribution in [1.82, 2.24) is 29.8 Å². The molecule has 0 aliphatic carbocycles. The lowest BCUT2D eigenvalue weighted by atomic mass is 10.0. The Hall–Kier alpha value is -3.27. The third-order valence-corrected chi connectivity index (χ3v) is 8.79. The molecule has 2 fully saturated rings. The Morgan fingerprint density at radius 3 is 2.55 bits per heavy atom. The number of nitrogens with one attached hydrogen (secondary N) is 1. The first kappa shape index (κ1) is 26.9. The van der Waals surface area contributed by atoms with Gasteiger partial charge in [0.25, 0.3) is 5.91 Å². The number of likely N-dealkylation sites (tertiary alicyclic amines) is 2. The maximum Gasteiger partial charge on any atom is 0.270 e. The number of carbonyl (C=O) groups excluding carboxylic acids is 2. The van der Waals surface area contributed by atoms with E-state index in [4.69, 9.17) is 39.5 Å². The van der Waals surface area contributed by atoms with E-state index in [1.807, 2.05) is 28.9 Å². The second-order valence-electron chi connectivity index (χ2n) is 10.2. The first-order chi connectivity index (χ1) is 19.2. The predicted octanol–water partition coefficient (Wildman–Crippen LogP) is 5.78. The number of aromatic nitrogens is 4. The standard InChI is InChI=1S/C28H27Cl3N6O3/c1-15-25-21(31)11-16(29)12-22(25)32-26(15)28(39)35-8-5-17(6-9-35)36-10-7-24(27(36)38)37-14-23(33-34-37)19-4-3-18(40-2)13-20(19)30/h3-4,11-14,17,24,32H,5-10H2,1-2H3. The van der Waals surface area contributed by atoms with Crippen molar-refractivity contribution in [1.29, 1.82) is 0 Å². The van der Waals surface area contributed by atoms with Crippen molar-refractivity contribution in [3.63, 3.8) is 0 Å². The Labute approximate surface area is 245 Å². The summed E-state index contributed by atoms with van der Waals surface area (Å²) in [6, 6.07) is 8.47. The summed E-state index contributed by atoms with van der Waals surface area (Å²) in [6.45, 7) is 3.65. The molecular formula is C28H27Cl3N6O3. The van der Waals surface area contributed by atoms with E-state index in [0.717, 1.165) is 22.0 Å². The molecule has 2 aromatic carbocycles. The largest absolute Gasteiger partial charge is 0.497 e. The third-order valence-electron chi connectivity index (χ3n) is 7.96. The van der Waals surface area contributed by atoms with Crippen LogP contribution in [0.25, 0.3) is 22.2 Å². The summed E-state index contributed by atoms with van der Waals surface area (Å²) < 4.78 is 6.85. The van der Waals surface area contributed by atoms with Crippen molar-refractivity contribution in [2.45, 2.75) is 38.3 Å². The van der Waals surface area contributed by atoms with Gasteiger partial charge in [-0.15, -0.1) is 5.10 Å².